The average molecular weight is 725 g/mol. The number of aromatic hydroxyl groups is 2. The molecule has 1 heterocycles. The Morgan fingerprint density at radius 3 is 2.24 bits per heavy atom. The summed E-state index contributed by atoms with van der Waals surface area (Å²) < 4.78 is 31.4. The SMILES string of the molecule is COc1ccc(NC(=O)C(NC(=O)c2cc(C(C)C)c(O)cc2O)C(C)C)cc1Nc1ncc(Cl)c(Nc2ccccc2S(=O)(=O)C(C)C)n1. The lowest BCUT2D eigenvalue weighted by molar-refractivity contribution is -0.118. The smallest absolute Gasteiger partial charge is 0.255 e. The van der Waals surface area contributed by atoms with Crippen LogP contribution in [0.2, 0.25) is 5.02 Å². The highest BCUT2D eigenvalue weighted by molar-refractivity contribution is 7.92. The van der Waals surface area contributed by atoms with Crippen molar-refractivity contribution in [1.82, 2.24) is 15.3 Å². The number of aromatic nitrogens is 2. The molecular weight excluding hydrogens is 684 g/mol. The second-order valence-electron chi connectivity index (χ2n) is 12.4. The molecule has 0 aliphatic heterocycles. The third-order valence-corrected chi connectivity index (χ3v) is 10.3. The van der Waals surface area contributed by atoms with E-state index in [9.17, 15) is 28.2 Å². The number of nitrogens with zero attached hydrogens (tertiary/aromatic N) is 2. The number of phenolic OH excluding ortho intramolecular Hbond substituents is 2. The highest BCUT2D eigenvalue weighted by Gasteiger charge is 2.27. The number of carbonyl (C=O) groups is 2. The van der Waals surface area contributed by atoms with Crippen LogP contribution in [-0.4, -0.2) is 58.8 Å². The fourth-order valence-electron chi connectivity index (χ4n) is 4.93. The Morgan fingerprint density at radius 2 is 1.60 bits per heavy atom. The Bertz CT molecular complexity index is 2000. The number of methoxy groups -OCH3 is 1. The van der Waals surface area contributed by atoms with Gasteiger partial charge in [0.2, 0.25) is 11.9 Å². The number of ether oxygens (including phenoxy) is 1. The Morgan fingerprint density at radius 1 is 0.900 bits per heavy atom. The van der Waals surface area contributed by atoms with Crippen molar-refractivity contribution < 1.29 is 33.0 Å². The fraction of sp³-hybridized carbons (Fsp3) is 0.314. The summed E-state index contributed by atoms with van der Waals surface area (Å²) in [5.41, 5.74) is 1.44. The first-order valence-corrected chi connectivity index (χ1v) is 17.7. The van der Waals surface area contributed by atoms with Crippen LogP contribution in [0, 0.1) is 5.92 Å². The van der Waals surface area contributed by atoms with Gasteiger partial charge in [0.15, 0.2) is 15.7 Å². The maximum Gasteiger partial charge on any atom is 0.255 e. The highest BCUT2D eigenvalue weighted by Crippen LogP contribution is 2.34. The predicted octanol–water partition coefficient (Wildman–Crippen LogP) is 6.74. The van der Waals surface area contributed by atoms with Crippen LogP contribution in [0.25, 0.3) is 0 Å². The molecule has 50 heavy (non-hydrogen) atoms. The van der Waals surface area contributed by atoms with Crippen molar-refractivity contribution in [3.8, 4) is 17.2 Å². The van der Waals surface area contributed by atoms with Crippen molar-refractivity contribution >= 4 is 62.1 Å². The zero-order valence-electron chi connectivity index (χ0n) is 28.7. The van der Waals surface area contributed by atoms with Gasteiger partial charge in [-0.25, -0.2) is 13.4 Å². The molecule has 0 saturated carbocycles. The number of hydrogen-bond donors (Lipinski definition) is 6. The molecule has 0 spiro atoms. The molecule has 2 amide bonds. The molecule has 1 aromatic heterocycles. The Labute approximate surface area is 296 Å². The van der Waals surface area contributed by atoms with E-state index in [1.807, 2.05) is 13.8 Å². The quantitative estimate of drug-likeness (QED) is 0.0856. The zero-order chi connectivity index (χ0) is 36.9. The van der Waals surface area contributed by atoms with E-state index in [4.69, 9.17) is 16.3 Å². The minimum absolute atomic E-state index is 0.0669. The minimum Gasteiger partial charge on any atom is -0.508 e. The molecule has 0 saturated heterocycles. The molecule has 13 nitrogen and oxygen atoms in total. The summed E-state index contributed by atoms with van der Waals surface area (Å²) in [6.45, 7) is 10.4. The summed E-state index contributed by atoms with van der Waals surface area (Å²) in [5, 5.41) is 31.6. The van der Waals surface area contributed by atoms with Crippen LogP contribution in [0.5, 0.6) is 17.2 Å². The van der Waals surface area contributed by atoms with Crippen molar-refractivity contribution in [2.75, 3.05) is 23.1 Å². The molecule has 1 unspecified atom stereocenters. The first kappa shape index (κ1) is 37.7. The number of phenols is 2. The number of rotatable bonds is 13. The summed E-state index contributed by atoms with van der Waals surface area (Å²) in [6, 6.07) is 12.8. The normalized spacial score (nSPS) is 12.1. The van der Waals surface area contributed by atoms with Crippen molar-refractivity contribution in [3.63, 3.8) is 0 Å². The van der Waals surface area contributed by atoms with E-state index in [0.717, 1.165) is 6.07 Å². The molecule has 15 heteroatoms. The molecule has 0 radical (unpaired) electrons. The standard InChI is InChI=1S/C35H41ClN6O7S/c1-18(2)22-15-23(28(44)16-27(22)43)33(45)41-31(19(3)4)34(46)38-21-12-13-29(49-7)26(14-21)40-35-37-17-24(36)32(42-35)39-25-10-8-9-11-30(25)50(47,48)20(5)6/h8-20,31,43-44H,1-7H3,(H,38,46)(H,41,45)(H2,37,39,40,42). The highest BCUT2D eigenvalue weighted by atomic mass is 35.5. The Kier molecular flexibility index (Phi) is 11.8. The summed E-state index contributed by atoms with van der Waals surface area (Å²) >= 11 is 6.39. The topological polar surface area (TPSA) is 192 Å². The first-order chi connectivity index (χ1) is 23.5. The number of halogens is 1. The van der Waals surface area contributed by atoms with E-state index >= 15 is 0 Å². The predicted molar refractivity (Wildman–Crippen MR) is 194 cm³/mol. The van der Waals surface area contributed by atoms with Crippen LogP contribution in [0.3, 0.4) is 0 Å². The molecule has 0 aliphatic carbocycles. The van der Waals surface area contributed by atoms with Gasteiger partial charge in [0.1, 0.15) is 28.3 Å². The summed E-state index contributed by atoms with van der Waals surface area (Å²) in [4.78, 5) is 35.5. The summed E-state index contributed by atoms with van der Waals surface area (Å²) in [6.07, 6.45) is 1.35. The van der Waals surface area contributed by atoms with Crippen molar-refractivity contribution in [2.24, 2.45) is 5.92 Å². The second-order valence-corrected chi connectivity index (χ2v) is 15.3. The molecule has 1 atom stereocenters. The molecule has 0 aliphatic rings. The lowest BCUT2D eigenvalue weighted by Crippen LogP contribution is -2.47. The van der Waals surface area contributed by atoms with E-state index < -0.39 is 38.7 Å². The largest absolute Gasteiger partial charge is 0.508 e. The van der Waals surface area contributed by atoms with Gasteiger partial charge in [-0.3, -0.25) is 9.59 Å². The van der Waals surface area contributed by atoms with Gasteiger partial charge in [-0.05, 0) is 67.6 Å². The van der Waals surface area contributed by atoms with E-state index in [1.54, 1.807) is 64.1 Å². The molecular formula is C35H41ClN6O7S. The summed E-state index contributed by atoms with van der Waals surface area (Å²) in [5.74, 6) is -1.56. The second kappa shape index (κ2) is 15.6. The monoisotopic (exact) mass is 724 g/mol. The number of amides is 2. The van der Waals surface area contributed by atoms with Crippen LogP contribution in [-0.2, 0) is 14.6 Å². The van der Waals surface area contributed by atoms with Crippen LogP contribution in [0.15, 0.2) is 65.7 Å². The average Bonchev–Trinajstić information content (AvgIpc) is 3.05. The number of sulfone groups is 1. The number of anilines is 5. The van der Waals surface area contributed by atoms with Crippen LogP contribution >= 0.6 is 11.6 Å². The lowest BCUT2D eigenvalue weighted by atomic mass is 9.97. The van der Waals surface area contributed by atoms with E-state index in [1.165, 1.54) is 25.4 Å². The van der Waals surface area contributed by atoms with Gasteiger partial charge in [0.05, 0.1) is 40.4 Å². The first-order valence-electron chi connectivity index (χ1n) is 15.8. The lowest BCUT2D eigenvalue weighted by Gasteiger charge is -2.23. The molecule has 0 fully saturated rings. The van der Waals surface area contributed by atoms with Gasteiger partial charge < -0.3 is 36.2 Å². The van der Waals surface area contributed by atoms with E-state index in [-0.39, 0.29) is 44.8 Å². The van der Waals surface area contributed by atoms with Gasteiger partial charge in [-0.1, -0.05) is 51.4 Å². The number of hydrogen-bond acceptors (Lipinski definition) is 11. The third kappa shape index (κ3) is 8.55. The molecule has 3 aromatic carbocycles. The van der Waals surface area contributed by atoms with Gasteiger partial charge in [0.25, 0.3) is 5.91 Å². The van der Waals surface area contributed by atoms with Gasteiger partial charge in [0, 0.05) is 11.8 Å². The Hall–Kier alpha value is -5.08. The van der Waals surface area contributed by atoms with Crippen LogP contribution in [0.1, 0.15) is 63.4 Å². The van der Waals surface area contributed by atoms with E-state index in [0.29, 0.717) is 28.4 Å². The molecule has 0 bridgehead atoms. The number of para-hydroxylation sites is 1. The third-order valence-electron chi connectivity index (χ3n) is 7.77. The van der Waals surface area contributed by atoms with Gasteiger partial charge in [-0.15, -0.1) is 0 Å². The molecule has 6 N–H and O–H groups in total. The maximum atomic E-state index is 13.5. The molecule has 4 rings (SSSR count). The minimum atomic E-state index is -3.62. The molecule has 266 valence electrons. The summed E-state index contributed by atoms with van der Waals surface area (Å²) in [7, 11) is -2.16. The fourth-order valence-corrected chi connectivity index (χ4v) is 6.27. The number of nitrogens with one attached hydrogen (secondary N) is 4. The number of carbonyl (C=O) groups excluding carboxylic acids is 2. The van der Waals surface area contributed by atoms with Crippen LogP contribution in [0.4, 0.5) is 28.8 Å². The number of benzene rings is 3. The van der Waals surface area contributed by atoms with Crippen molar-refractivity contribution in [2.45, 2.75) is 63.6 Å². The molecule has 4 aromatic rings. The van der Waals surface area contributed by atoms with E-state index in [2.05, 4.69) is 31.2 Å². The Balaban J connectivity index is 1.56. The van der Waals surface area contributed by atoms with Gasteiger partial charge >= 0.3 is 0 Å². The maximum absolute atomic E-state index is 13.5. The van der Waals surface area contributed by atoms with Crippen molar-refractivity contribution in [1.29, 1.82) is 0 Å². The van der Waals surface area contributed by atoms with Gasteiger partial charge in [-0.2, -0.15) is 4.98 Å². The van der Waals surface area contributed by atoms with Crippen molar-refractivity contribution in [3.05, 3.63) is 76.9 Å². The zero-order valence-corrected chi connectivity index (χ0v) is 30.3. The van der Waals surface area contributed by atoms with Crippen LogP contribution < -0.4 is 26.0 Å².